The fourth-order valence-electron chi connectivity index (χ4n) is 3.10. The van der Waals surface area contributed by atoms with Crippen molar-refractivity contribution in [3.63, 3.8) is 0 Å². The van der Waals surface area contributed by atoms with Gasteiger partial charge in [0.05, 0.1) is 13.0 Å². The molecule has 1 N–H and O–H groups in total. The topological polar surface area (TPSA) is 70.1 Å². The highest BCUT2D eigenvalue weighted by molar-refractivity contribution is 5.95. The van der Waals surface area contributed by atoms with Crippen molar-refractivity contribution in [1.82, 2.24) is 9.80 Å². The van der Waals surface area contributed by atoms with Crippen LogP contribution < -0.4 is 4.74 Å². The molecule has 1 heterocycles. The number of phenolic OH excluding ortho intramolecular Hbond substituents is 1. The summed E-state index contributed by atoms with van der Waals surface area (Å²) in [5.74, 6) is 0.846. The van der Waals surface area contributed by atoms with Gasteiger partial charge >= 0.3 is 0 Å². The third-order valence-electron chi connectivity index (χ3n) is 4.72. The number of hydrogen-bond acceptors (Lipinski definition) is 4. The molecule has 1 fully saturated rings. The van der Waals surface area contributed by atoms with Crippen molar-refractivity contribution in [2.45, 2.75) is 13.3 Å². The minimum atomic E-state index is 0.0239. The zero-order valence-electron chi connectivity index (χ0n) is 15.4. The van der Waals surface area contributed by atoms with E-state index in [1.165, 1.54) is 0 Å². The van der Waals surface area contributed by atoms with Crippen molar-refractivity contribution in [1.29, 1.82) is 0 Å². The molecule has 6 heteroatoms. The van der Waals surface area contributed by atoms with Gasteiger partial charge in [-0.1, -0.05) is 18.2 Å². The highest BCUT2D eigenvalue weighted by Crippen LogP contribution is 2.16. The molecule has 2 aromatic rings. The minimum absolute atomic E-state index is 0.0239. The molecule has 0 saturated carbocycles. The monoisotopic (exact) mass is 368 g/mol. The number of aromatic hydroxyl groups is 1. The lowest BCUT2D eigenvalue weighted by atomic mass is 10.1. The maximum absolute atomic E-state index is 12.6. The zero-order valence-corrected chi connectivity index (χ0v) is 15.4. The summed E-state index contributed by atoms with van der Waals surface area (Å²) in [6, 6.07) is 14.0. The van der Waals surface area contributed by atoms with Crippen LogP contribution in [0.15, 0.2) is 48.5 Å². The average Bonchev–Trinajstić information content (AvgIpc) is 2.69. The maximum Gasteiger partial charge on any atom is 0.254 e. The number of rotatable bonds is 5. The second-order valence-electron chi connectivity index (χ2n) is 6.58. The molecule has 2 aromatic carbocycles. The zero-order chi connectivity index (χ0) is 19.2. The molecule has 2 amide bonds. The summed E-state index contributed by atoms with van der Waals surface area (Å²) in [6.45, 7) is 4.37. The minimum Gasteiger partial charge on any atom is -0.508 e. The molecule has 0 spiro atoms. The third kappa shape index (κ3) is 4.78. The van der Waals surface area contributed by atoms with Gasteiger partial charge in [0.2, 0.25) is 5.91 Å². The number of phenols is 1. The number of nitrogens with zero attached hydrogens (tertiary/aromatic N) is 2. The summed E-state index contributed by atoms with van der Waals surface area (Å²) < 4.78 is 5.53. The Labute approximate surface area is 159 Å². The molecule has 0 bridgehead atoms. The van der Waals surface area contributed by atoms with E-state index in [1.54, 1.807) is 34.1 Å². The number of ether oxygens (including phenoxy) is 1. The van der Waals surface area contributed by atoms with Crippen LogP contribution in [0.4, 0.5) is 0 Å². The van der Waals surface area contributed by atoms with Gasteiger partial charge in [-0.05, 0) is 42.8 Å². The molecule has 0 aromatic heterocycles. The van der Waals surface area contributed by atoms with Crippen molar-refractivity contribution in [3.05, 3.63) is 59.7 Å². The lowest BCUT2D eigenvalue weighted by Crippen LogP contribution is -2.50. The van der Waals surface area contributed by atoms with Gasteiger partial charge in [-0.2, -0.15) is 0 Å². The predicted octanol–water partition coefficient (Wildman–Crippen LogP) is 2.45. The van der Waals surface area contributed by atoms with Crippen molar-refractivity contribution in [3.8, 4) is 11.5 Å². The quantitative estimate of drug-likeness (QED) is 0.880. The molecule has 1 saturated heterocycles. The summed E-state index contributed by atoms with van der Waals surface area (Å²) in [6.07, 6.45) is 0.284. The number of aryl methyl sites for hydroxylation is 1. The van der Waals surface area contributed by atoms with Crippen LogP contribution in [0, 0.1) is 6.92 Å². The van der Waals surface area contributed by atoms with E-state index in [2.05, 4.69) is 0 Å². The normalized spacial score (nSPS) is 14.1. The highest BCUT2D eigenvalue weighted by atomic mass is 16.5. The Kier molecular flexibility index (Phi) is 5.96. The predicted molar refractivity (Wildman–Crippen MR) is 102 cm³/mol. The second-order valence-corrected chi connectivity index (χ2v) is 6.58. The first-order valence-electron chi connectivity index (χ1n) is 9.09. The lowest BCUT2D eigenvalue weighted by Gasteiger charge is -2.35. The van der Waals surface area contributed by atoms with Crippen LogP contribution in [-0.2, 0) is 4.79 Å². The molecule has 1 aliphatic rings. The lowest BCUT2D eigenvalue weighted by molar-refractivity contribution is -0.133. The van der Waals surface area contributed by atoms with Gasteiger partial charge in [0.1, 0.15) is 11.5 Å². The number of piperazine rings is 1. The van der Waals surface area contributed by atoms with Crippen LogP contribution in [0.2, 0.25) is 0 Å². The van der Waals surface area contributed by atoms with Gasteiger partial charge in [-0.25, -0.2) is 0 Å². The van der Waals surface area contributed by atoms with E-state index >= 15 is 0 Å². The van der Waals surface area contributed by atoms with Crippen LogP contribution in [0.1, 0.15) is 22.3 Å². The van der Waals surface area contributed by atoms with E-state index in [4.69, 9.17) is 4.74 Å². The Balaban J connectivity index is 1.44. The summed E-state index contributed by atoms with van der Waals surface area (Å²) >= 11 is 0. The number of amides is 2. The van der Waals surface area contributed by atoms with E-state index in [-0.39, 0.29) is 30.6 Å². The largest absolute Gasteiger partial charge is 0.508 e. The maximum atomic E-state index is 12.6. The molecule has 0 atom stereocenters. The Bertz CT molecular complexity index is 796. The Morgan fingerprint density at radius 3 is 2.26 bits per heavy atom. The fraction of sp³-hybridized carbons (Fsp3) is 0.333. The molecule has 142 valence electrons. The Hall–Kier alpha value is -3.02. The molecule has 6 nitrogen and oxygen atoms in total. The first kappa shape index (κ1) is 18.8. The number of hydrogen-bond donors (Lipinski definition) is 1. The molecule has 1 aliphatic heterocycles. The number of carbonyl (C=O) groups excluding carboxylic acids is 2. The summed E-state index contributed by atoms with van der Waals surface area (Å²) in [4.78, 5) is 28.6. The summed E-state index contributed by atoms with van der Waals surface area (Å²) in [7, 11) is 0. The van der Waals surface area contributed by atoms with Crippen molar-refractivity contribution >= 4 is 11.8 Å². The third-order valence-corrected chi connectivity index (χ3v) is 4.72. The first-order chi connectivity index (χ1) is 13.0. The Morgan fingerprint density at radius 2 is 1.59 bits per heavy atom. The van der Waals surface area contributed by atoms with E-state index in [0.717, 1.165) is 11.1 Å². The van der Waals surface area contributed by atoms with Gasteiger partial charge in [0, 0.05) is 31.7 Å². The Morgan fingerprint density at radius 1 is 0.963 bits per heavy atom. The first-order valence-corrected chi connectivity index (χ1v) is 9.09. The molecule has 27 heavy (non-hydrogen) atoms. The van der Waals surface area contributed by atoms with Crippen LogP contribution in [0.25, 0.3) is 0 Å². The van der Waals surface area contributed by atoms with Gasteiger partial charge in [0.25, 0.3) is 5.91 Å². The molecule has 0 radical (unpaired) electrons. The van der Waals surface area contributed by atoms with Gasteiger partial charge in [-0.15, -0.1) is 0 Å². The molecule has 0 unspecified atom stereocenters. The van der Waals surface area contributed by atoms with E-state index in [0.29, 0.717) is 31.9 Å². The molecule has 3 rings (SSSR count). The summed E-state index contributed by atoms with van der Waals surface area (Å²) in [5.41, 5.74) is 1.69. The fourth-order valence-corrected chi connectivity index (χ4v) is 3.10. The SMILES string of the molecule is Cc1ccccc1C(=O)N1CCN(C(=O)CCOc2ccc(O)cc2)CC1. The molecular weight excluding hydrogens is 344 g/mol. The number of carbonyl (C=O) groups is 2. The highest BCUT2D eigenvalue weighted by Gasteiger charge is 2.25. The van der Waals surface area contributed by atoms with Crippen LogP contribution in [0.3, 0.4) is 0 Å². The molecular formula is C21H24N2O4. The van der Waals surface area contributed by atoms with E-state index in [1.807, 2.05) is 31.2 Å². The second kappa shape index (κ2) is 8.58. The van der Waals surface area contributed by atoms with Gasteiger partial charge < -0.3 is 19.6 Å². The van der Waals surface area contributed by atoms with Crippen molar-refractivity contribution < 1.29 is 19.4 Å². The average molecular weight is 368 g/mol. The van der Waals surface area contributed by atoms with Crippen LogP contribution >= 0.6 is 0 Å². The van der Waals surface area contributed by atoms with Gasteiger partial charge in [0.15, 0.2) is 0 Å². The van der Waals surface area contributed by atoms with Crippen molar-refractivity contribution in [2.75, 3.05) is 32.8 Å². The number of benzene rings is 2. The standard InChI is InChI=1S/C21H24N2O4/c1-16-4-2-3-5-19(16)21(26)23-13-11-22(12-14-23)20(25)10-15-27-18-8-6-17(24)7-9-18/h2-9,24H,10-15H2,1H3. The van der Waals surface area contributed by atoms with E-state index in [9.17, 15) is 14.7 Å². The van der Waals surface area contributed by atoms with Crippen molar-refractivity contribution in [2.24, 2.45) is 0 Å². The van der Waals surface area contributed by atoms with Crippen LogP contribution in [-0.4, -0.2) is 59.5 Å². The van der Waals surface area contributed by atoms with Crippen LogP contribution in [0.5, 0.6) is 11.5 Å². The van der Waals surface area contributed by atoms with E-state index < -0.39 is 0 Å². The summed E-state index contributed by atoms with van der Waals surface area (Å²) in [5, 5.41) is 9.24. The smallest absolute Gasteiger partial charge is 0.254 e. The van der Waals surface area contributed by atoms with Gasteiger partial charge in [-0.3, -0.25) is 9.59 Å². The molecule has 0 aliphatic carbocycles.